The van der Waals surface area contributed by atoms with Crippen LogP contribution in [-0.2, 0) is 11.3 Å². The van der Waals surface area contributed by atoms with Crippen molar-refractivity contribution < 1.29 is 9.53 Å². The standard InChI is InChI=1S/C26H33N3O2/c1-17(2)21-13-10-18(3)16-24(21)31-15-7-14-29-23-9-6-5-8-22(23)28-25(29)19(4)27-26(30)20-11-12-20/h5-6,8-10,13,16-17,19-20H,7,11-12,14-15H2,1-4H3,(H,27,30). The molecule has 1 saturated carbocycles. The van der Waals surface area contributed by atoms with E-state index in [9.17, 15) is 4.79 Å². The Kier molecular flexibility index (Phi) is 6.30. The average Bonchev–Trinajstić information content (AvgIpc) is 3.53. The summed E-state index contributed by atoms with van der Waals surface area (Å²) in [5.41, 5.74) is 4.52. The highest BCUT2D eigenvalue weighted by Crippen LogP contribution is 2.30. The van der Waals surface area contributed by atoms with Gasteiger partial charge in [0, 0.05) is 12.5 Å². The Morgan fingerprint density at radius 1 is 1.19 bits per heavy atom. The minimum atomic E-state index is -0.120. The molecule has 1 atom stereocenters. The fourth-order valence-electron chi connectivity index (χ4n) is 4.05. The number of nitrogens with zero attached hydrogens (tertiary/aromatic N) is 2. The zero-order valence-electron chi connectivity index (χ0n) is 19.0. The normalized spacial score (nSPS) is 14.7. The number of hydrogen-bond donors (Lipinski definition) is 1. The molecule has 0 bridgehead atoms. The first-order valence-electron chi connectivity index (χ1n) is 11.4. The molecule has 1 aliphatic carbocycles. The molecule has 1 aromatic heterocycles. The molecule has 1 amide bonds. The van der Waals surface area contributed by atoms with Crippen molar-refractivity contribution in [2.24, 2.45) is 5.92 Å². The molecule has 1 N–H and O–H groups in total. The van der Waals surface area contributed by atoms with Gasteiger partial charge in [0.05, 0.1) is 23.7 Å². The number of hydrogen-bond acceptors (Lipinski definition) is 3. The number of carbonyl (C=O) groups is 1. The van der Waals surface area contributed by atoms with Crippen LogP contribution in [0.25, 0.3) is 11.0 Å². The third kappa shape index (κ3) is 4.92. The quantitative estimate of drug-likeness (QED) is 0.464. The van der Waals surface area contributed by atoms with Crippen molar-refractivity contribution in [3.05, 3.63) is 59.4 Å². The summed E-state index contributed by atoms with van der Waals surface area (Å²) in [6.07, 6.45) is 2.87. The van der Waals surface area contributed by atoms with Crippen molar-refractivity contribution in [2.75, 3.05) is 6.61 Å². The van der Waals surface area contributed by atoms with Crippen molar-refractivity contribution in [2.45, 2.75) is 65.5 Å². The molecule has 1 heterocycles. The summed E-state index contributed by atoms with van der Waals surface area (Å²) in [7, 11) is 0. The van der Waals surface area contributed by atoms with Crippen molar-refractivity contribution in [3.63, 3.8) is 0 Å². The monoisotopic (exact) mass is 419 g/mol. The van der Waals surface area contributed by atoms with Gasteiger partial charge in [-0.05, 0) is 68.4 Å². The molecule has 1 aliphatic rings. The Bertz CT molecular complexity index is 1070. The lowest BCUT2D eigenvalue weighted by Crippen LogP contribution is -2.30. The highest BCUT2D eigenvalue weighted by atomic mass is 16.5. The van der Waals surface area contributed by atoms with Crippen molar-refractivity contribution in [1.29, 1.82) is 0 Å². The van der Waals surface area contributed by atoms with E-state index in [1.165, 1.54) is 11.1 Å². The van der Waals surface area contributed by atoms with Crippen LogP contribution in [0.3, 0.4) is 0 Å². The molecule has 4 rings (SSSR count). The second-order valence-corrected chi connectivity index (χ2v) is 9.01. The second-order valence-electron chi connectivity index (χ2n) is 9.01. The number of fused-ring (bicyclic) bond motifs is 1. The summed E-state index contributed by atoms with van der Waals surface area (Å²) in [4.78, 5) is 17.1. The van der Waals surface area contributed by atoms with Crippen LogP contribution in [0.1, 0.15) is 68.9 Å². The van der Waals surface area contributed by atoms with Gasteiger partial charge in [-0.3, -0.25) is 4.79 Å². The first-order valence-corrected chi connectivity index (χ1v) is 11.4. The van der Waals surface area contributed by atoms with Crippen LogP contribution in [0, 0.1) is 12.8 Å². The first kappa shape index (κ1) is 21.4. The Morgan fingerprint density at radius 3 is 2.71 bits per heavy atom. The molecule has 0 radical (unpaired) electrons. The van der Waals surface area contributed by atoms with E-state index in [0.29, 0.717) is 12.5 Å². The van der Waals surface area contributed by atoms with Crippen molar-refractivity contribution in [1.82, 2.24) is 14.9 Å². The fraction of sp³-hybridized carbons (Fsp3) is 0.462. The van der Waals surface area contributed by atoms with E-state index in [4.69, 9.17) is 9.72 Å². The van der Waals surface area contributed by atoms with Crippen LogP contribution >= 0.6 is 0 Å². The molecule has 0 aliphatic heterocycles. The second kappa shape index (κ2) is 9.13. The Morgan fingerprint density at radius 2 is 1.97 bits per heavy atom. The number of ether oxygens (including phenoxy) is 1. The third-order valence-electron chi connectivity index (χ3n) is 5.95. The number of aromatic nitrogens is 2. The highest BCUT2D eigenvalue weighted by Gasteiger charge is 2.31. The van der Waals surface area contributed by atoms with Crippen molar-refractivity contribution in [3.8, 4) is 5.75 Å². The van der Waals surface area contributed by atoms with Crippen LogP contribution in [-0.4, -0.2) is 22.1 Å². The van der Waals surface area contributed by atoms with Gasteiger partial charge in [-0.25, -0.2) is 4.98 Å². The first-order chi connectivity index (χ1) is 14.9. The maximum Gasteiger partial charge on any atom is 0.223 e. The van der Waals surface area contributed by atoms with Gasteiger partial charge in [0.15, 0.2) is 0 Å². The van der Waals surface area contributed by atoms with E-state index in [2.05, 4.69) is 54.9 Å². The lowest BCUT2D eigenvalue weighted by molar-refractivity contribution is -0.123. The molecule has 0 saturated heterocycles. The number of benzene rings is 2. The van der Waals surface area contributed by atoms with Gasteiger partial charge in [-0.1, -0.05) is 38.1 Å². The molecule has 164 valence electrons. The molecule has 2 aromatic carbocycles. The minimum Gasteiger partial charge on any atom is -0.493 e. The Hall–Kier alpha value is -2.82. The highest BCUT2D eigenvalue weighted by molar-refractivity contribution is 5.81. The lowest BCUT2D eigenvalue weighted by atomic mass is 10.0. The van der Waals surface area contributed by atoms with Crippen LogP contribution in [0.5, 0.6) is 5.75 Å². The summed E-state index contributed by atoms with van der Waals surface area (Å²) in [5, 5.41) is 3.15. The zero-order chi connectivity index (χ0) is 22.0. The number of rotatable bonds is 9. The number of carbonyl (C=O) groups excluding carboxylic acids is 1. The van der Waals surface area contributed by atoms with Crippen LogP contribution < -0.4 is 10.1 Å². The molecule has 1 fully saturated rings. The van der Waals surface area contributed by atoms with Gasteiger partial charge >= 0.3 is 0 Å². The summed E-state index contributed by atoms with van der Waals surface area (Å²) >= 11 is 0. The predicted octanol–water partition coefficient (Wildman–Crippen LogP) is 5.52. The maximum atomic E-state index is 12.3. The predicted molar refractivity (Wildman–Crippen MR) is 124 cm³/mol. The van der Waals surface area contributed by atoms with Crippen molar-refractivity contribution >= 4 is 16.9 Å². The lowest BCUT2D eigenvalue weighted by Gasteiger charge is -2.17. The molecular formula is C26H33N3O2. The molecule has 5 heteroatoms. The number of nitrogens with one attached hydrogen (secondary N) is 1. The van der Waals surface area contributed by atoms with Gasteiger partial charge in [0.25, 0.3) is 0 Å². The zero-order valence-corrected chi connectivity index (χ0v) is 19.0. The summed E-state index contributed by atoms with van der Waals surface area (Å²) in [6.45, 7) is 9.94. The van der Waals surface area contributed by atoms with Gasteiger partial charge in [-0.2, -0.15) is 0 Å². The summed E-state index contributed by atoms with van der Waals surface area (Å²) < 4.78 is 8.42. The number of amides is 1. The van der Waals surface area contributed by atoms with Crippen LogP contribution in [0.2, 0.25) is 0 Å². The minimum absolute atomic E-state index is 0.120. The topological polar surface area (TPSA) is 56.1 Å². The number of imidazole rings is 1. The largest absolute Gasteiger partial charge is 0.493 e. The third-order valence-corrected chi connectivity index (χ3v) is 5.95. The molecule has 0 spiro atoms. The Balaban J connectivity index is 1.47. The van der Waals surface area contributed by atoms with E-state index in [0.717, 1.165) is 48.4 Å². The maximum absolute atomic E-state index is 12.3. The molecule has 3 aromatic rings. The SMILES string of the molecule is Cc1ccc(C(C)C)c(OCCCn2c(C(C)NC(=O)C3CC3)nc3ccccc32)c1. The molecule has 1 unspecified atom stereocenters. The van der Waals surface area contributed by atoms with Gasteiger partial charge in [-0.15, -0.1) is 0 Å². The van der Waals surface area contributed by atoms with Crippen LogP contribution in [0.4, 0.5) is 0 Å². The molecule has 31 heavy (non-hydrogen) atoms. The number of para-hydroxylation sites is 2. The molecule has 5 nitrogen and oxygen atoms in total. The smallest absolute Gasteiger partial charge is 0.223 e. The van der Waals surface area contributed by atoms with Gasteiger partial charge < -0.3 is 14.6 Å². The molecular weight excluding hydrogens is 386 g/mol. The van der Waals surface area contributed by atoms with E-state index >= 15 is 0 Å². The Labute approximate surface area is 184 Å². The fourth-order valence-corrected chi connectivity index (χ4v) is 4.05. The van der Waals surface area contributed by atoms with E-state index in [1.54, 1.807) is 0 Å². The van der Waals surface area contributed by atoms with Crippen LogP contribution in [0.15, 0.2) is 42.5 Å². The van der Waals surface area contributed by atoms with Gasteiger partial charge in [0.2, 0.25) is 5.91 Å². The van der Waals surface area contributed by atoms with E-state index in [-0.39, 0.29) is 17.9 Å². The summed E-state index contributed by atoms with van der Waals surface area (Å²) in [6, 6.07) is 14.5. The average molecular weight is 420 g/mol. The number of aryl methyl sites for hydroxylation is 2. The van der Waals surface area contributed by atoms with E-state index in [1.807, 2.05) is 25.1 Å². The summed E-state index contributed by atoms with van der Waals surface area (Å²) in [5.74, 6) is 2.66. The van der Waals surface area contributed by atoms with Gasteiger partial charge in [0.1, 0.15) is 11.6 Å². The van der Waals surface area contributed by atoms with E-state index < -0.39 is 0 Å².